The predicted octanol–water partition coefficient (Wildman–Crippen LogP) is 2.80. The summed E-state index contributed by atoms with van der Waals surface area (Å²) >= 11 is 0. The number of ether oxygens (including phenoxy) is 1. The third kappa shape index (κ3) is 4.66. The van der Waals surface area contributed by atoms with Gasteiger partial charge >= 0.3 is 5.97 Å². The maximum Gasteiger partial charge on any atom is 0.322 e. The van der Waals surface area contributed by atoms with Gasteiger partial charge in [-0.1, -0.05) is 19.0 Å². The van der Waals surface area contributed by atoms with E-state index in [0.29, 0.717) is 17.1 Å². The Bertz CT molecular complexity index is 1120. The zero-order valence-corrected chi connectivity index (χ0v) is 17.4. The summed E-state index contributed by atoms with van der Waals surface area (Å²) in [6.07, 6.45) is 0. The van der Waals surface area contributed by atoms with Gasteiger partial charge in [0, 0.05) is 11.1 Å². The Morgan fingerprint density at radius 3 is 2.20 bits per heavy atom. The lowest BCUT2D eigenvalue weighted by atomic mass is 10.1. The van der Waals surface area contributed by atoms with Crippen molar-refractivity contribution in [3.8, 4) is 28.6 Å². The SMILES string of the molecule is COc1ccc(-c2noc(-c3ccc(S(=O)(=O)NC(C(=O)O)C(C)C)cc3)n2)cc1. The van der Waals surface area contributed by atoms with E-state index in [2.05, 4.69) is 14.9 Å². The zero-order valence-electron chi connectivity index (χ0n) is 16.6. The molecule has 0 bridgehead atoms. The highest BCUT2D eigenvalue weighted by molar-refractivity contribution is 7.89. The van der Waals surface area contributed by atoms with E-state index in [0.717, 1.165) is 5.56 Å². The Hall–Kier alpha value is -3.24. The lowest BCUT2D eigenvalue weighted by Gasteiger charge is -2.17. The van der Waals surface area contributed by atoms with Gasteiger partial charge in [0.05, 0.1) is 12.0 Å². The van der Waals surface area contributed by atoms with Crippen molar-refractivity contribution in [2.24, 2.45) is 5.92 Å². The maximum atomic E-state index is 12.5. The Labute approximate surface area is 173 Å². The van der Waals surface area contributed by atoms with Crippen LogP contribution >= 0.6 is 0 Å². The van der Waals surface area contributed by atoms with E-state index >= 15 is 0 Å². The predicted molar refractivity (Wildman–Crippen MR) is 108 cm³/mol. The molecule has 158 valence electrons. The van der Waals surface area contributed by atoms with Gasteiger partial charge in [-0.3, -0.25) is 4.79 Å². The van der Waals surface area contributed by atoms with E-state index < -0.39 is 28.0 Å². The number of carboxylic acids is 1. The molecule has 1 atom stereocenters. The Morgan fingerprint density at radius 1 is 1.07 bits per heavy atom. The van der Waals surface area contributed by atoms with Gasteiger partial charge < -0.3 is 14.4 Å². The molecule has 2 aromatic carbocycles. The van der Waals surface area contributed by atoms with Crippen LogP contribution < -0.4 is 9.46 Å². The molecule has 0 saturated carbocycles. The Morgan fingerprint density at radius 2 is 1.67 bits per heavy atom. The van der Waals surface area contributed by atoms with Crippen molar-refractivity contribution in [3.63, 3.8) is 0 Å². The number of nitrogens with one attached hydrogen (secondary N) is 1. The van der Waals surface area contributed by atoms with Gasteiger partial charge in [-0.2, -0.15) is 9.71 Å². The first-order chi connectivity index (χ1) is 14.2. The molecule has 9 nitrogen and oxygen atoms in total. The van der Waals surface area contributed by atoms with Gasteiger partial charge in [-0.25, -0.2) is 8.42 Å². The largest absolute Gasteiger partial charge is 0.497 e. The Kier molecular flexibility index (Phi) is 6.18. The van der Waals surface area contributed by atoms with Gasteiger partial charge in [-0.05, 0) is 54.4 Å². The van der Waals surface area contributed by atoms with Crippen LogP contribution in [0.1, 0.15) is 13.8 Å². The average Bonchev–Trinajstić information content (AvgIpc) is 3.22. The molecule has 0 aliphatic carbocycles. The fourth-order valence-electron chi connectivity index (χ4n) is 2.68. The standard InChI is InChI=1S/C20H21N3O6S/c1-12(2)17(20(24)25)23-30(26,27)16-10-6-14(7-11-16)19-21-18(22-29-19)13-4-8-15(28-3)9-5-13/h4-12,17,23H,1-3H3,(H,24,25). The van der Waals surface area contributed by atoms with Crippen LogP contribution in [-0.4, -0.2) is 42.8 Å². The number of aliphatic carboxylic acids is 1. The van der Waals surface area contributed by atoms with Crippen LogP contribution in [0.15, 0.2) is 57.9 Å². The fraction of sp³-hybridized carbons (Fsp3) is 0.250. The lowest BCUT2D eigenvalue weighted by molar-refractivity contribution is -0.140. The molecule has 1 heterocycles. The molecule has 1 unspecified atom stereocenters. The summed E-state index contributed by atoms with van der Waals surface area (Å²) < 4.78 is 37.6. The minimum Gasteiger partial charge on any atom is -0.497 e. The molecule has 0 radical (unpaired) electrons. The number of hydrogen-bond donors (Lipinski definition) is 2. The van der Waals surface area contributed by atoms with E-state index in [1.807, 2.05) is 0 Å². The van der Waals surface area contributed by atoms with Crippen molar-refractivity contribution in [2.45, 2.75) is 24.8 Å². The minimum atomic E-state index is -4.00. The van der Waals surface area contributed by atoms with Crippen molar-refractivity contribution in [1.29, 1.82) is 0 Å². The molecule has 2 N–H and O–H groups in total. The van der Waals surface area contributed by atoms with Gasteiger partial charge in [0.15, 0.2) is 0 Å². The molecule has 0 amide bonds. The number of rotatable bonds is 8. The highest BCUT2D eigenvalue weighted by atomic mass is 32.2. The van der Waals surface area contributed by atoms with E-state index in [1.165, 1.54) is 24.3 Å². The first-order valence-electron chi connectivity index (χ1n) is 9.05. The first-order valence-corrected chi connectivity index (χ1v) is 10.5. The number of hydrogen-bond acceptors (Lipinski definition) is 7. The number of methoxy groups -OCH3 is 1. The van der Waals surface area contributed by atoms with E-state index in [4.69, 9.17) is 9.26 Å². The van der Waals surface area contributed by atoms with Gasteiger partial charge in [0.2, 0.25) is 15.8 Å². The van der Waals surface area contributed by atoms with Crippen LogP contribution in [0.5, 0.6) is 5.75 Å². The number of carboxylic acid groups (broad SMARTS) is 1. The maximum absolute atomic E-state index is 12.5. The second-order valence-corrected chi connectivity index (χ2v) is 8.57. The average molecular weight is 431 g/mol. The molecule has 0 fully saturated rings. The summed E-state index contributed by atoms with van der Waals surface area (Å²) in [5.41, 5.74) is 1.27. The van der Waals surface area contributed by atoms with Crippen LogP contribution in [0.3, 0.4) is 0 Å². The van der Waals surface area contributed by atoms with E-state index in [1.54, 1.807) is 45.2 Å². The molecule has 0 saturated heterocycles. The summed E-state index contributed by atoms with van der Waals surface area (Å²) in [7, 11) is -2.43. The highest BCUT2D eigenvalue weighted by Gasteiger charge is 2.28. The van der Waals surface area contributed by atoms with Crippen molar-refractivity contribution in [1.82, 2.24) is 14.9 Å². The monoisotopic (exact) mass is 431 g/mol. The molecule has 1 aromatic heterocycles. The lowest BCUT2D eigenvalue weighted by Crippen LogP contribution is -2.44. The summed E-state index contributed by atoms with van der Waals surface area (Å²) in [4.78, 5) is 15.6. The number of sulfonamides is 1. The van der Waals surface area contributed by atoms with Crippen LogP contribution in [0, 0.1) is 5.92 Å². The van der Waals surface area contributed by atoms with Crippen LogP contribution in [0.2, 0.25) is 0 Å². The third-order valence-corrected chi connectivity index (χ3v) is 5.86. The second-order valence-electron chi connectivity index (χ2n) is 6.86. The molecule has 0 aliphatic heterocycles. The normalized spacial score (nSPS) is 12.7. The summed E-state index contributed by atoms with van der Waals surface area (Å²) in [5.74, 6) is -0.334. The minimum absolute atomic E-state index is 0.0620. The van der Waals surface area contributed by atoms with Crippen molar-refractivity contribution < 1.29 is 27.6 Å². The zero-order chi connectivity index (χ0) is 21.9. The fourth-order valence-corrected chi connectivity index (χ4v) is 4.02. The van der Waals surface area contributed by atoms with Gasteiger partial charge in [-0.15, -0.1) is 0 Å². The molecular weight excluding hydrogens is 410 g/mol. The van der Waals surface area contributed by atoms with Crippen molar-refractivity contribution in [2.75, 3.05) is 7.11 Å². The van der Waals surface area contributed by atoms with E-state index in [-0.39, 0.29) is 10.8 Å². The number of benzene rings is 2. The second kappa shape index (κ2) is 8.64. The Balaban J connectivity index is 1.80. The number of nitrogens with zero attached hydrogens (tertiary/aromatic N) is 2. The quantitative estimate of drug-likeness (QED) is 0.556. The van der Waals surface area contributed by atoms with E-state index in [9.17, 15) is 18.3 Å². The molecule has 0 spiro atoms. The number of carbonyl (C=O) groups is 1. The number of aromatic nitrogens is 2. The summed E-state index contributed by atoms with van der Waals surface area (Å²) in [6, 6.07) is 11.7. The first kappa shape index (κ1) is 21.5. The molecule has 3 rings (SSSR count). The van der Waals surface area contributed by atoms with Crippen LogP contribution in [-0.2, 0) is 14.8 Å². The molecular formula is C20H21N3O6S. The molecule has 0 aliphatic rings. The topological polar surface area (TPSA) is 132 Å². The molecule has 30 heavy (non-hydrogen) atoms. The highest BCUT2D eigenvalue weighted by Crippen LogP contribution is 2.25. The smallest absolute Gasteiger partial charge is 0.322 e. The van der Waals surface area contributed by atoms with Crippen LogP contribution in [0.25, 0.3) is 22.8 Å². The molecule has 10 heteroatoms. The summed E-state index contributed by atoms with van der Waals surface area (Å²) in [5, 5.41) is 13.2. The van der Waals surface area contributed by atoms with Crippen molar-refractivity contribution in [3.05, 3.63) is 48.5 Å². The third-order valence-electron chi connectivity index (χ3n) is 4.40. The van der Waals surface area contributed by atoms with Crippen LogP contribution in [0.4, 0.5) is 0 Å². The van der Waals surface area contributed by atoms with Crippen molar-refractivity contribution >= 4 is 16.0 Å². The molecule has 3 aromatic rings. The van der Waals surface area contributed by atoms with Gasteiger partial charge in [0.1, 0.15) is 11.8 Å². The van der Waals surface area contributed by atoms with Gasteiger partial charge in [0.25, 0.3) is 5.89 Å². The summed E-state index contributed by atoms with van der Waals surface area (Å²) in [6.45, 7) is 3.25.